The van der Waals surface area contributed by atoms with E-state index in [0.29, 0.717) is 31.5 Å². The highest BCUT2D eigenvalue weighted by Crippen LogP contribution is 2.25. The molecule has 1 saturated heterocycles. The van der Waals surface area contributed by atoms with Crippen LogP contribution in [0.2, 0.25) is 0 Å². The molecule has 1 aromatic heterocycles. The number of halogens is 2. The zero-order valence-electron chi connectivity index (χ0n) is 15.6. The lowest BCUT2D eigenvalue weighted by molar-refractivity contribution is -0.157. The highest BCUT2D eigenvalue weighted by Gasteiger charge is 2.41. The van der Waals surface area contributed by atoms with Gasteiger partial charge in [-0.25, -0.2) is 8.78 Å². The van der Waals surface area contributed by atoms with E-state index in [9.17, 15) is 18.7 Å². The number of fused-ring (bicyclic) bond motifs is 1. The van der Waals surface area contributed by atoms with Crippen molar-refractivity contribution in [3.05, 3.63) is 52.3 Å². The minimum absolute atomic E-state index is 0.127. The number of carbonyl (C=O) groups is 1. The van der Waals surface area contributed by atoms with Crippen LogP contribution >= 0.6 is 0 Å². The van der Waals surface area contributed by atoms with Crippen molar-refractivity contribution >= 4 is 5.91 Å². The first-order valence-electron chi connectivity index (χ1n) is 9.68. The van der Waals surface area contributed by atoms with Crippen molar-refractivity contribution in [2.75, 3.05) is 13.1 Å². The van der Waals surface area contributed by atoms with E-state index in [4.69, 9.17) is 0 Å². The molecule has 0 saturated carbocycles. The highest BCUT2D eigenvalue weighted by molar-refractivity contribution is 5.86. The van der Waals surface area contributed by atoms with Gasteiger partial charge in [0.15, 0.2) is 17.2 Å². The number of benzene rings is 1. The molecule has 1 aliphatic heterocycles. The summed E-state index contributed by atoms with van der Waals surface area (Å²) in [5.41, 5.74) is 2.36. The van der Waals surface area contributed by atoms with Crippen LogP contribution in [-0.2, 0) is 30.7 Å². The van der Waals surface area contributed by atoms with E-state index in [0.717, 1.165) is 37.1 Å². The van der Waals surface area contributed by atoms with Crippen LogP contribution in [0.3, 0.4) is 0 Å². The first-order chi connectivity index (χ1) is 13.5. The maximum Gasteiger partial charge on any atom is 0.256 e. The number of aromatic amines is 1. The number of H-pyrrole nitrogens is 1. The molecule has 150 valence electrons. The molecule has 1 fully saturated rings. The molecule has 2 aromatic rings. The maximum absolute atomic E-state index is 13.4. The number of piperidine rings is 1. The summed E-state index contributed by atoms with van der Waals surface area (Å²) < 4.78 is 26.5. The van der Waals surface area contributed by atoms with Crippen LogP contribution in [0.15, 0.2) is 18.2 Å². The van der Waals surface area contributed by atoms with E-state index >= 15 is 0 Å². The van der Waals surface area contributed by atoms with Crippen LogP contribution in [0.25, 0.3) is 0 Å². The van der Waals surface area contributed by atoms with E-state index in [1.807, 2.05) is 0 Å². The number of nitrogens with one attached hydrogen (secondary N) is 2. The average molecular weight is 390 g/mol. The minimum Gasteiger partial charge on any atom is -0.379 e. The predicted octanol–water partition coefficient (Wildman–Crippen LogP) is 1.82. The Labute approximate surface area is 161 Å². The van der Waals surface area contributed by atoms with E-state index < -0.39 is 17.2 Å². The molecule has 1 atom stereocenters. The Balaban J connectivity index is 1.37. The van der Waals surface area contributed by atoms with Crippen molar-refractivity contribution < 1.29 is 18.7 Å². The summed E-state index contributed by atoms with van der Waals surface area (Å²) in [6.45, 7) is 1.24. The van der Waals surface area contributed by atoms with Crippen LogP contribution in [0, 0.1) is 11.6 Å². The van der Waals surface area contributed by atoms with Crippen LogP contribution in [0.1, 0.15) is 41.8 Å². The van der Waals surface area contributed by atoms with Crippen LogP contribution in [0.5, 0.6) is 0 Å². The van der Waals surface area contributed by atoms with Gasteiger partial charge >= 0.3 is 0 Å². The molecule has 1 amide bonds. The third kappa shape index (κ3) is 3.66. The molecule has 0 spiro atoms. The topological polar surface area (TPSA) is 81.2 Å². The van der Waals surface area contributed by atoms with Crippen molar-refractivity contribution in [2.45, 2.75) is 50.8 Å². The summed E-state index contributed by atoms with van der Waals surface area (Å²) in [4.78, 5) is 14.3. The zero-order valence-corrected chi connectivity index (χ0v) is 15.6. The van der Waals surface area contributed by atoms with Crippen molar-refractivity contribution in [3.8, 4) is 0 Å². The molecule has 0 bridgehead atoms. The number of aromatic nitrogens is 2. The standard InChI is InChI=1S/C20H24F2N4O2/c21-15-6-5-13(9-16(15)22)11-26-8-2-7-20(28,19(26)27)12-23-10-18-14-3-1-4-17(14)24-25-18/h5-6,9,23,28H,1-4,7-8,10-12H2,(H,24,25)/t20-/m1/s1. The second-order valence-corrected chi connectivity index (χ2v) is 7.69. The SMILES string of the molecule is O=C1N(Cc2ccc(F)c(F)c2)CCC[C@@]1(O)CNCc1n[nH]c2c1CCC2. The van der Waals surface area contributed by atoms with E-state index in [1.54, 1.807) is 0 Å². The Morgan fingerprint density at radius 1 is 1.25 bits per heavy atom. The Kier molecular flexibility index (Phi) is 5.16. The molecule has 28 heavy (non-hydrogen) atoms. The molecule has 1 aromatic carbocycles. The fourth-order valence-electron chi connectivity index (χ4n) is 4.16. The van der Waals surface area contributed by atoms with E-state index in [1.165, 1.54) is 22.2 Å². The van der Waals surface area contributed by atoms with Crippen molar-refractivity contribution in [1.82, 2.24) is 20.4 Å². The fraction of sp³-hybridized carbons (Fsp3) is 0.500. The third-order valence-electron chi connectivity index (χ3n) is 5.66. The molecule has 4 rings (SSSR count). The number of rotatable bonds is 6. The van der Waals surface area contributed by atoms with E-state index in [2.05, 4.69) is 15.5 Å². The van der Waals surface area contributed by atoms with Crippen LogP contribution in [0.4, 0.5) is 8.78 Å². The summed E-state index contributed by atoms with van der Waals surface area (Å²) >= 11 is 0. The summed E-state index contributed by atoms with van der Waals surface area (Å²) in [6.07, 6.45) is 4.16. The molecular formula is C20H24F2N4O2. The Hall–Kier alpha value is -2.32. The number of likely N-dealkylation sites (tertiary alicyclic amines) is 1. The minimum atomic E-state index is -1.50. The van der Waals surface area contributed by atoms with Gasteiger partial charge in [0.2, 0.25) is 0 Å². The molecule has 0 unspecified atom stereocenters. The predicted molar refractivity (Wildman–Crippen MR) is 98.3 cm³/mol. The maximum atomic E-state index is 13.4. The summed E-state index contributed by atoms with van der Waals surface area (Å²) in [5, 5.41) is 21.4. The molecule has 2 heterocycles. The average Bonchev–Trinajstić information content (AvgIpc) is 3.27. The molecular weight excluding hydrogens is 366 g/mol. The van der Waals surface area contributed by atoms with Crippen molar-refractivity contribution in [1.29, 1.82) is 0 Å². The first-order valence-corrected chi connectivity index (χ1v) is 9.68. The van der Waals surface area contributed by atoms with Crippen LogP contribution in [-0.4, -0.2) is 44.8 Å². The molecule has 6 nitrogen and oxygen atoms in total. The number of amides is 1. The fourth-order valence-corrected chi connectivity index (χ4v) is 4.16. The quantitative estimate of drug-likeness (QED) is 0.703. The monoisotopic (exact) mass is 390 g/mol. The number of aliphatic hydroxyl groups is 1. The Morgan fingerprint density at radius 2 is 2.11 bits per heavy atom. The summed E-state index contributed by atoms with van der Waals surface area (Å²) in [5.74, 6) is -2.24. The molecule has 3 N–H and O–H groups in total. The Morgan fingerprint density at radius 3 is 2.93 bits per heavy atom. The van der Waals surface area contributed by atoms with Gasteiger partial charge in [-0.2, -0.15) is 5.10 Å². The van der Waals surface area contributed by atoms with Gasteiger partial charge in [0.25, 0.3) is 5.91 Å². The van der Waals surface area contributed by atoms with Gasteiger partial charge in [-0.15, -0.1) is 0 Å². The smallest absolute Gasteiger partial charge is 0.256 e. The largest absolute Gasteiger partial charge is 0.379 e. The van der Waals surface area contributed by atoms with Gasteiger partial charge in [-0.05, 0) is 55.4 Å². The van der Waals surface area contributed by atoms with Crippen LogP contribution < -0.4 is 5.32 Å². The Bertz CT molecular complexity index is 885. The first kappa shape index (κ1) is 19.0. The normalized spacial score (nSPS) is 22.0. The zero-order chi connectivity index (χ0) is 19.7. The molecule has 8 heteroatoms. The second kappa shape index (κ2) is 7.60. The highest BCUT2D eigenvalue weighted by atomic mass is 19.2. The number of nitrogens with zero attached hydrogens (tertiary/aromatic N) is 2. The van der Waals surface area contributed by atoms with Gasteiger partial charge in [0.05, 0.1) is 5.69 Å². The van der Waals surface area contributed by atoms with Gasteiger partial charge in [-0.1, -0.05) is 6.07 Å². The molecule has 2 aliphatic rings. The van der Waals surface area contributed by atoms with Gasteiger partial charge in [-0.3, -0.25) is 9.89 Å². The lowest BCUT2D eigenvalue weighted by atomic mass is 9.91. The molecule has 0 radical (unpaired) electrons. The van der Waals surface area contributed by atoms with Gasteiger partial charge < -0.3 is 15.3 Å². The second-order valence-electron chi connectivity index (χ2n) is 7.69. The summed E-state index contributed by atoms with van der Waals surface area (Å²) in [7, 11) is 0. The lowest BCUT2D eigenvalue weighted by Crippen LogP contribution is -2.57. The number of hydrogen-bond acceptors (Lipinski definition) is 4. The number of hydrogen-bond donors (Lipinski definition) is 3. The molecule has 1 aliphatic carbocycles. The summed E-state index contributed by atoms with van der Waals surface area (Å²) in [6, 6.07) is 3.59. The number of carbonyl (C=O) groups excluding carboxylic acids is 1. The van der Waals surface area contributed by atoms with Crippen molar-refractivity contribution in [2.24, 2.45) is 0 Å². The number of aryl methyl sites for hydroxylation is 1. The lowest BCUT2D eigenvalue weighted by Gasteiger charge is -2.38. The van der Waals surface area contributed by atoms with E-state index in [-0.39, 0.29) is 19.0 Å². The van der Waals surface area contributed by atoms with Gasteiger partial charge in [0, 0.05) is 31.9 Å². The van der Waals surface area contributed by atoms with Crippen molar-refractivity contribution in [3.63, 3.8) is 0 Å². The third-order valence-corrected chi connectivity index (χ3v) is 5.66. The van der Waals surface area contributed by atoms with Gasteiger partial charge in [0.1, 0.15) is 0 Å².